The third kappa shape index (κ3) is 6.49. The Labute approximate surface area is 167 Å². The average molecular weight is 431 g/mol. The van der Waals surface area contributed by atoms with E-state index in [1.807, 2.05) is 6.26 Å². The fourth-order valence-electron chi connectivity index (χ4n) is 2.31. The van der Waals surface area contributed by atoms with E-state index in [-0.39, 0.29) is 13.0 Å². The van der Waals surface area contributed by atoms with Crippen LogP contribution in [0.3, 0.4) is 0 Å². The van der Waals surface area contributed by atoms with Gasteiger partial charge in [-0.15, -0.1) is 0 Å². The van der Waals surface area contributed by atoms with Gasteiger partial charge in [-0.25, -0.2) is 12.8 Å². The second-order valence-electron chi connectivity index (χ2n) is 5.73. The van der Waals surface area contributed by atoms with Crippen LogP contribution in [0, 0.1) is 5.82 Å². The minimum Gasteiger partial charge on any atom is -0.351 e. The highest BCUT2D eigenvalue weighted by atomic mass is 35.5. The van der Waals surface area contributed by atoms with Crippen LogP contribution in [0.5, 0.6) is 0 Å². The number of halogens is 2. The second kappa shape index (κ2) is 10.1. The van der Waals surface area contributed by atoms with E-state index in [9.17, 15) is 17.6 Å². The number of carbonyl (C=O) groups is 1. The minimum atomic E-state index is -4.17. The van der Waals surface area contributed by atoms with Crippen LogP contribution in [0.25, 0.3) is 0 Å². The zero-order valence-corrected chi connectivity index (χ0v) is 17.0. The summed E-state index contributed by atoms with van der Waals surface area (Å²) in [6, 6.07) is 11.0. The summed E-state index contributed by atoms with van der Waals surface area (Å²) in [6.07, 6.45) is 2.13. The normalized spacial score (nSPS) is 12.6. The van der Waals surface area contributed by atoms with Gasteiger partial charge in [-0.2, -0.15) is 16.5 Å². The molecule has 2 N–H and O–H groups in total. The Hall–Kier alpha value is -1.61. The monoisotopic (exact) mass is 430 g/mol. The number of thioether (sulfide) groups is 1. The molecule has 2 aromatic carbocycles. The lowest BCUT2D eigenvalue weighted by molar-refractivity contribution is -0.122. The highest BCUT2D eigenvalue weighted by Gasteiger charge is 2.27. The topological polar surface area (TPSA) is 75.3 Å². The molecule has 0 saturated heterocycles. The van der Waals surface area contributed by atoms with Crippen molar-refractivity contribution < 1.29 is 17.6 Å². The third-order valence-electron chi connectivity index (χ3n) is 3.73. The van der Waals surface area contributed by atoms with Crippen molar-refractivity contribution in [2.45, 2.75) is 23.9 Å². The van der Waals surface area contributed by atoms with Crippen molar-refractivity contribution in [3.63, 3.8) is 0 Å². The first-order chi connectivity index (χ1) is 12.8. The number of carbonyl (C=O) groups excluding carboxylic acids is 1. The van der Waals surface area contributed by atoms with E-state index in [1.54, 1.807) is 24.3 Å². The minimum absolute atomic E-state index is 0.229. The van der Waals surface area contributed by atoms with Gasteiger partial charge in [-0.1, -0.05) is 35.9 Å². The van der Waals surface area contributed by atoms with Gasteiger partial charge in [-0.3, -0.25) is 4.79 Å². The molecule has 1 amide bonds. The molecule has 2 aromatic rings. The van der Waals surface area contributed by atoms with Crippen molar-refractivity contribution in [1.82, 2.24) is 10.0 Å². The summed E-state index contributed by atoms with van der Waals surface area (Å²) in [5, 5.41) is 3.29. The molecule has 0 bridgehead atoms. The van der Waals surface area contributed by atoms with Crippen LogP contribution in [0.4, 0.5) is 4.39 Å². The first-order valence-electron chi connectivity index (χ1n) is 8.11. The number of hydrogen-bond donors (Lipinski definition) is 2. The van der Waals surface area contributed by atoms with Crippen LogP contribution in [0.15, 0.2) is 53.4 Å². The van der Waals surface area contributed by atoms with E-state index < -0.39 is 32.7 Å². The molecule has 0 spiro atoms. The predicted octanol–water partition coefficient (Wildman–Crippen LogP) is 3.20. The van der Waals surface area contributed by atoms with Gasteiger partial charge in [-0.05, 0) is 48.3 Å². The molecule has 1 unspecified atom stereocenters. The Morgan fingerprint density at radius 3 is 2.48 bits per heavy atom. The molecule has 0 radical (unpaired) electrons. The standard InChI is InChI=1S/C18H20ClFN2O3S2/c1-26-11-10-16(18(23)21-12-13-6-8-14(19)9-7-13)22-27(24,25)17-5-3-2-4-15(17)20/h2-9,16,22H,10-12H2,1H3,(H,21,23). The second-order valence-corrected chi connectivity index (χ2v) is 8.83. The summed E-state index contributed by atoms with van der Waals surface area (Å²) in [7, 11) is -4.17. The fraction of sp³-hybridized carbons (Fsp3) is 0.278. The molecule has 0 fully saturated rings. The van der Waals surface area contributed by atoms with E-state index >= 15 is 0 Å². The SMILES string of the molecule is CSCCC(NS(=O)(=O)c1ccccc1F)C(=O)NCc1ccc(Cl)cc1. The van der Waals surface area contributed by atoms with Crippen LogP contribution < -0.4 is 10.0 Å². The molecule has 0 aliphatic heterocycles. The zero-order chi connectivity index (χ0) is 19.9. The smallest absolute Gasteiger partial charge is 0.244 e. The highest BCUT2D eigenvalue weighted by molar-refractivity contribution is 7.98. The number of rotatable bonds is 9. The molecule has 0 aliphatic carbocycles. The molecule has 2 rings (SSSR count). The van der Waals surface area contributed by atoms with Crippen molar-refractivity contribution >= 4 is 39.3 Å². The summed E-state index contributed by atoms with van der Waals surface area (Å²) < 4.78 is 41.2. The first-order valence-corrected chi connectivity index (χ1v) is 11.4. The summed E-state index contributed by atoms with van der Waals surface area (Å²) >= 11 is 7.31. The maximum absolute atomic E-state index is 13.9. The molecule has 1 atom stereocenters. The van der Waals surface area contributed by atoms with Crippen LogP contribution in [0.2, 0.25) is 5.02 Å². The number of amides is 1. The maximum Gasteiger partial charge on any atom is 0.244 e. The molecule has 146 valence electrons. The number of sulfonamides is 1. The fourth-order valence-corrected chi connectivity index (χ4v) is 4.21. The van der Waals surface area contributed by atoms with Gasteiger partial charge in [0.05, 0.1) is 0 Å². The van der Waals surface area contributed by atoms with Gasteiger partial charge in [0.2, 0.25) is 15.9 Å². The average Bonchev–Trinajstić information content (AvgIpc) is 2.64. The van der Waals surface area contributed by atoms with Gasteiger partial charge >= 0.3 is 0 Å². The molecule has 9 heteroatoms. The summed E-state index contributed by atoms with van der Waals surface area (Å²) in [5.74, 6) is -0.771. The summed E-state index contributed by atoms with van der Waals surface area (Å²) in [4.78, 5) is 12.0. The molecule has 0 heterocycles. The molecule has 0 saturated carbocycles. The Balaban J connectivity index is 2.10. The van der Waals surface area contributed by atoms with Crippen LogP contribution in [-0.2, 0) is 21.4 Å². The van der Waals surface area contributed by atoms with Crippen LogP contribution >= 0.6 is 23.4 Å². The van der Waals surface area contributed by atoms with E-state index in [4.69, 9.17) is 11.6 Å². The predicted molar refractivity (Wildman–Crippen MR) is 107 cm³/mol. The number of benzene rings is 2. The third-order valence-corrected chi connectivity index (χ3v) is 6.13. The Morgan fingerprint density at radius 2 is 1.85 bits per heavy atom. The number of nitrogens with one attached hydrogen (secondary N) is 2. The first kappa shape index (κ1) is 21.7. The van der Waals surface area contributed by atoms with Gasteiger partial charge in [0.1, 0.15) is 16.8 Å². The van der Waals surface area contributed by atoms with E-state index in [1.165, 1.54) is 23.9 Å². The van der Waals surface area contributed by atoms with E-state index in [0.29, 0.717) is 10.8 Å². The largest absolute Gasteiger partial charge is 0.351 e. The molecule has 5 nitrogen and oxygen atoms in total. The van der Waals surface area contributed by atoms with Crippen molar-refractivity contribution in [2.75, 3.05) is 12.0 Å². The zero-order valence-electron chi connectivity index (χ0n) is 14.6. The highest BCUT2D eigenvalue weighted by Crippen LogP contribution is 2.15. The van der Waals surface area contributed by atoms with Crippen LogP contribution in [-0.4, -0.2) is 32.4 Å². The van der Waals surface area contributed by atoms with Crippen molar-refractivity contribution in [3.05, 3.63) is 64.9 Å². The lowest BCUT2D eigenvalue weighted by atomic mass is 10.2. The maximum atomic E-state index is 13.9. The summed E-state index contributed by atoms with van der Waals surface area (Å²) in [5.41, 5.74) is 0.827. The molecule has 27 heavy (non-hydrogen) atoms. The van der Waals surface area contributed by atoms with E-state index in [2.05, 4.69) is 10.0 Å². The quantitative estimate of drug-likeness (QED) is 0.640. The van der Waals surface area contributed by atoms with Crippen molar-refractivity contribution in [2.24, 2.45) is 0 Å². The molecule has 0 aromatic heterocycles. The van der Waals surface area contributed by atoms with Gasteiger partial charge in [0, 0.05) is 11.6 Å². The van der Waals surface area contributed by atoms with Gasteiger partial charge in [0.25, 0.3) is 0 Å². The van der Waals surface area contributed by atoms with Crippen molar-refractivity contribution in [3.8, 4) is 0 Å². The summed E-state index contributed by atoms with van der Waals surface area (Å²) in [6.45, 7) is 0.229. The lowest BCUT2D eigenvalue weighted by Gasteiger charge is -2.18. The Morgan fingerprint density at radius 1 is 1.19 bits per heavy atom. The Kier molecular flexibility index (Phi) is 8.09. The van der Waals surface area contributed by atoms with E-state index in [0.717, 1.165) is 17.7 Å². The molecular formula is C18H20ClFN2O3S2. The van der Waals surface area contributed by atoms with Gasteiger partial charge in [0.15, 0.2) is 0 Å². The van der Waals surface area contributed by atoms with Crippen molar-refractivity contribution in [1.29, 1.82) is 0 Å². The molecule has 0 aliphatic rings. The van der Waals surface area contributed by atoms with Crippen LogP contribution in [0.1, 0.15) is 12.0 Å². The molecular weight excluding hydrogens is 411 g/mol. The Bertz CT molecular complexity index is 876. The number of hydrogen-bond acceptors (Lipinski definition) is 4. The van der Waals surface area contributed by atoms with Gasteiger partial charge < -0.3 is 5.32 Å². The lowest BCUT2D eigenvalue weighted by Crippen LogP contribution is -2.46.